The third-order valence-electron chi connectivity index (χ3n) is 4.03. The highest BCUT2D eigenvalue weighted by molar-refractivity contribution is 7.99. The van der Waals surface area contributed by atoms with E-state index in [0.29, 0.717) is 5.92 Å². The first-order valence-corrected chi connectivity index (χ1v) is 8.81. The summed E-state index contributed by atoms with van der Waals surface area (Å²) in [5.41, 5.74) is -0.302. The van der Waals surface area contributed by atoms with Gasteiger partial charge in [0, 0.05) is 6.04 Å². The molecule has 0 aliphatic heterocycles. The van der Waals surface area contributed by atoms with Gasteiger partial charge >= 0.3 is 6.03 Å². The Morgan fingerprint density at radius 3 is 2.75 bits per heavy atom. The molecule has 9 nitrogen and oxygen atoms in total. The van der Waals surface area contributed by atoms with Crippen molar-refractivity contribution in [3.8, 4) is 0 Å². The lowest BCUT2D eigenvalue weighted by Crippen LogP contribution is -2.48. The van der Waals surface area contributed by atoms with Gasteiger partial charge in [0.1, 0.15) is 5.69 Å². The molecule has 1 saturated carbocycles. The third-order valence-corrected chi connectivity index (χ3v) is 4.98. The van der Waals surface area contributed by atoms with Crippen molar-refractivity contribution in [2.45, 2.75) is 50.7 Å². The van der Waals surface area contributed by atoms with Gasteiger partial charge in [0.15, 0.2) is 0 Å². The number of urea groups is 1. The molecule has 0 saturated heterocycles. The van der Waals surface area contributed by atoms with Gasteiger partial charge in [-0.05, 0) is 25.7 Å². The van der Waals surface area contributed by atoms with Gasteiger partial charge in [-0.2, -0.15) is 4.68 Å². The smallest absolute Gasteiger partial charge is 0.321 e. The van der Waals surface area contributed by atoms with Gasteiger partial charge in [0.2, 0.25) is 11.1 Å². The number of hydrogen-bond acceptors (Lipinski definition) is 7. The monoisotopic (exact) mass is 354 g/mol. The summed E-state index contributed by atoms with van der Waals surface area (Å²) in [6.45, 7) is 3.59. The van der Waals surface area contributed by atoms with E-state index >= 15 is 0 Å². The van der Waals surface area contributed by atoms with Crippen LogP contribution in [-0.4, -0.2) is 38.6 Å². The Balaban J connectivity index is 1.82. The summed E-state index contributed by atoms with van der Waals surface area (Å²) in [6, 6.07) is -0.407. The fraction of sp³-hybridized carbons (Fsp3) is 0.643. The number of rotatable bonds is 4. The number of aromatic nitrogens is 3. The molecule has 1 aliphatic rings. The number of thioether (sulfide) groups is 1. The van der Waals surface area contributed by atoms with Crippen LogP contribution in [0.4, 0.5) is 4.79 Å². The van der Waals surface area contributed by atoms with Crippen LogP contribution in [0.25, 0.3) is 0 Å². The second-order valence-corrected chi connectivity index (χ2v) is 6.86. The van der Waals surface area contributed by atoms with Gasteiger partial charge in [-0.1, -0.05) is 31.5 Å². The molecule has 0 radical (unpaired) electrons. The Labute approximate surface area is 143 Å². The molecule has 1 aromatic heterocycles. The summed E-state index contributed by atoms with van der Waals surface area (Å²) in [7, 11) is 0. The molecule has 1 aromatic rings. The summed E-state index contributed by atoms with van der Waals surface area (Å²) in [5, 5.41) is 12.7. The number of carbonyl (C=O) groups is 2. The highest BCUT2D eigenvalue weighted by atomic mass is 32.2. The molecular formula is C14H22N6O3S. The molecule has 0 aromatic carbocycles. The zero-order chi connectivity index (χ0) is 17.7. The van der Waals surface area contributed by atoms with E-state index in [4.69, 9.17) is 5.84 Å². The van der Waals surface area contributed by atoms with Crippen LogP contribution < -0.4 is 22.0 Å². The number of hydrogen-bond donors (Lipinski definition) is 3. The van der Waals surface area contributed by atoms with Crippen LogP contribution >= 0.6 is 11.8 Å². The minimum Gasteiger partial charge on any atom is -0.335 e. The lowest BCUT2D eigenvalue weighted by molar-refractivity contribution is -0.117. The van der Waals surface area contributed by atoms with Crippen molar-refractivity contribution in [2.24, 2.45) is 5.92 Å². The maximum absolute atomic E-state index is 11.9. The third kappa shape index (κ3) is 4.70. The molecule has 0 bridgehead atoms. The van der Waals surface area contributed by atoms with E-state index in [1.165, 1.54) is 13.3 Å². The topological polar surface area (TPSA) is 132 Å². The fourth-order valence-corrected chi connectivity index (χ4v) is 3.25. The molecule has 1 heterocycles. The first-order chi connectivity index (χ1) is 11.4. The largest absolute Gasteiger partial charge is 0.335 e. The molecule has 24 heavy (non-hydrogen) atoms. The molecule has 0 unspecified atom stereocenters. The van der Waals surface area contributed by atoms with Gasteiger partial charge in [0.05, 0.1) is 5.75 Å². The number of nitrogens with one attached hydrogen (secondary N) is 2. The van der Waals surface area contributed by atoms with Crippen LogP contribution in [0.2, 0.25) is 0 Å². The van der Waals surface area contributed by atoms with Gasteiger partial charge in [0.25, 0.3) is 5.56 Å². The highest BCUT2D eigenvalue weighted by Crippen LogP contribution is 2.23. The van der Waals surface area contributed by atoms with Crippen LogP contribution in [0.15, 0.2) is 9.95 Å². The Kier molecular flexibility index (Phi) is 6.18. The summed E-state index contributed by atoms with van der Waals surface area (Å²) in [6.07, 6.45) is 4.26. The van der Waals surface area contributed by atoms with Crippen LogP contribution in [0.5, 0.6) is 0 Å². The van der Waals surface area contributed by atoms with E-state index in [9.17, 15) is 14.4 Å². The number of nitrogens with zero attached hydrogens (tertiary/aromatic N) is 3. The number of aryl methyl sites for hydroxylation is 1. The van der Waals surface area contributed by atoms with Crippen molar-refractivity contribution >= 4 is 23.7 Å². The average molecular weight is 354 g/mol. The van der Waals surface area contributed by atoms with E-state index < -0.39 is 17.5 Å². The summed E-state index contributed by atoms with van der Waals surface area (Å²) in [4.78, 5) is 35.3. The van der Waals surface area contributed by atoms with Crippen molar-refractivity contribution in [3.63, 3.8) is 0 Å². The molecule has 10 heteroatoms. The fourth-order valence-electron chi connectivity index (χ4n) is 2.60. The average Bonchev–Trinajstić information content (AvgIpc) is 2.54. The molecule has 132 valence electrons. The zero-order valence-corrected chi connectivity index (χ0v) is 14.6. The van der Waals surface area contributed by atoms with E-state index in [1.807, 2.05) is 0 Å². The normalized spacial score (nSPS) is 20.4. The predicted octanol–water partition coefficient (Wildman–Crippen LogP) is 0.157. The molecule has 3 amide bonds. The Morgan fingerprint density at radius 1 is 1.33 bits per heavy atom. The minimum absolute atomic E-state index is 0.0939. The van der Waals surface area contributed by atoms with E-state index in [0.717, 1.165) is 35.7 Å². The maximum Gasteiger partial charge on any atom is 0.321 e. The second-order valence-electron chi connectivity index (χ2n) is 5.92. The SMILES string of the molecule is Cc1nnc(SCC(=O)NC(=O)N[C@@H]2CCCC[C@@H]2C)n(N)c1=O. The highest BCUT2D eigenvalue weighted by Gasteiger charge is 2.23. The lowest BCUT2D eigenvalue weighted by atomic mass is 9.86. The van der Waals surface area contributed by atoms with E-state index in [1.54, 1.807) is 0 Å². The Bertz CT molecular complexity index is 677. The second kappa shape index (κ2) is 8.13. The van der Waals surface area contributed by atoms with E-state index in [-0.39, 0.29) is 22.6 Å². The van der Waals surface area contributed by atoms with Crippen LogP contribution in [0.1, 0.15) is 38.3 Å². The first-order valence-electron chi connectivity index (χ1n) is 7.83. The Morgan fingerprint density at radius 2 is 2.04 bits per heavy atom. The quantitative estimate of drug-likeness (QED) is 0.518. The van der Waals surface area contributed by atoms with Gasteiger partial charge in [-0.3, -0.25) is 14.9 Å². The van der Waals surface area contributed by atoms with Crippen LogP contribution in [0, 0.1) is 12.8 Å². The van der Waals surface area contributed by atoms with Crippen molar-refractivity contribution in [3.05, 3.63) is 16.0 Å². The van der Waals surface area contributed by atoms with Crippen molar-refractivity contribution in [1.29, 1.82) is 0 Å². The molecular weight excluding hydrogens is 332 g/mol. The number of carbonyl (C=O) groups excluding carboxylic acids is 2. The standard InChI is InChI=1S/C14H22N6O3S/c1-8-5-3-4-6-10(8)16-13(23)17-11(21)7-24-14-19-18-9(2)12(22)20(14)15/h8,10H,3-7,15H2,1-2H3,(H2,16,17,21,23)/t8-,10+/m0/s1. The molecule has 4 N–H and O–H groups in total. The Hall–Kier alpha value is -2.10. The van der Waals surface area contributed by atoms with Gasteiger partial charge in [-0.25, -0.2) is 4.79 Å². The number of nitrogens with two attached hydrogens (primary N) is 1. The summed E-state index contributed by atoms with van der Waals surface area (Å²) >= 11 is 0.939. The van der Waals surface area contributed by atoms with Gasteiger partial charge in [-0.15, -0.1) is 10.2 Å². The number of imide groups is 1. The van der Waals surface area contributed by atoms with Crippen molar-refractivity contribution in [2.75, 3.05) is 11.6 Å². The van der Waals surface area contributed by atoms with Gasteiger partial charge < -0.3 is 11.2 Å². The number of amides is 3. The molecule has 2 rings (SSSR count). The molecule has 0 spiro atoms. The minimum atomic E-state index is -0.500. The summed E-state index contributed by atoms with van der Waals surface area (Å²) in [5.74, 6) is 5.40. The van der Waals surface area contributed by atoms with Crippen molar-refractivity contribution < 1.29 is 9.59 Å². The maximum atomic E-state index is 11.9. The van der Waals surface area contributed by atoms with Crippen molar-refractivity contribution in [1.82, 2.24) is 25.5 Å². The first kappa shape index (κ1) is 18.2. The molecule has 1 fully saturated rings. The van der Waals surface area contributed by atoms with Crippen LogP contribution in [0.3, 0.4) is 0 Å². The van der Waals surface area contributed by atoms with Crippen LogP contribution in [-0.2, 0) is 4.79 Å². The van der Waals surface area contributed by atoms with E-state index in [2.05, 4.69) is 27.8 Å². The zero-order valence-electron chi connectivity index (χ0n) is 13.7. The molecule has 1 aliphatic carbocycles. The lowest BCUT2D eigenvalue weighted by Gasteiger charge is -2.29. The number of nitrogen functional groups attached to an aromatic ring is 1. The molecule has 2 atom stereocenters. The summed E-state index contributed by atoms with van der Waals surface area (Å²) < 4.78 is 0.837. The predicted molar refractivity (Wildman–Crippen MR) is 90.0 cm³/mol.